The number of nitrogens with one attached hydrogen (secondary N) is 1. The number of hydrogen-bond acceptors (Lipinski definition) is 4. The van der Waals surface area contributed by atoms with E-state index >= 15 is 0 Å². The van der Waals surface area contributed by atoms with Gasteiger partial charge >= 0.3 is 0 Å². The molecule has 0 saturated carbocycles. The quantitative estimate of drug-likeness (QED) is 0.787. The highest BCUT2D eigenvalue weighted by molar-refractivity contribution is 7.11. The lowest BCUT2D eigenvalue weighted by Crippen LogP contribution is -2.22. The Morgan fingerprint density at radius 3 is 2.53 bits per heavy atom. The molecule has 0 aliphatic carbocycles. The first-order chi connectivity index (χ1) is 8.96. The van der Waals surface area contributed by atoms with Crippen LogP contribution in [0.15, 0.2) is 0 Å². The summed E-state index contributed by atoms with van der Waals surface area (Å²) in [6.07, 6.45) is 3.13. The van der Waals surface area contributed by atoms with E-state index in [9.17, 15) is 0 Å². The third kappa shape index (κ3) is 4.26. The Kier molecular flexibility index (Phi) is 6.43. The molecular weight excluding hydrogens is 256 g/mol. The summed E-state index contributed by atoms with van der Waals surface area (Å²) in [4.78, 5) is 6.21. The van der Waals surface area contributed by atoms with Crippen LogP contribution in [0.4, 0.5) is 0 Å². The predicted octanol–water partition coefficient (Wildman–Crippen LogP) is 3.87. The molecule has 0 bridgehead atoms. The molecule has 1 unspecified atom stereocenters. The summed E-state index contributed by atoms with van der Waals surface area (Å²) in [5, 5.41) is 4.60. The standard InChI is InChI=1S/C15H28N2OS/c1-7-9-12-13(10-16-11(3)4)19-14(17-12)15(5,8-2)18-6/h11,16H,7-10H2,1-6H3. The lowest BCUT2D eigenvalue weighted by atomic mass is 10.0. The SMILES string of the molecule is CCCc1nc(C(C)(CC)OC)sc1CNC(C)C. The van der Waals surface area contributed by atoms with Crippen molar-refractivity contribution in [3.63, 3.8) is 0 Å². The number of thiazole rings is 1. The van der Waals surface area contributed by atoms with Gasteiger partial charge in [-0.05, 0) is 19.8 Å². The fourth-order valence-electron chi connectivity index (χ4n) is 1.86. The van der Waals surface area contributed by atoms with Crippen molar-refractivity contribution in [3.8, 4) is 0 Å². The van der Waals surface area contributed by atoms with Crippen molar-refractivity contribution in [3.05, 3.63) is 15.6 Å². The van der Waals surface area contributed by atoms with E-state index < -0.39 is 0 Å². The van der Waals surface area contributed by atoms with Crippen LogP contribution in [0.5, 0.6) is 0 Å². The van der Waals surface area contributed by atoms with Crippen LogP contribution in [-0.2, 0) is 23.3 Å². The Hall–Kier alpha value is -0.450. The molecule has 110 valence electrons. The van der Waals surface area contributed by atoms with Gasteiger partial charge in [-0.3, -0.25) is 0 Å². The third-order valence-electron chi connectivity index (χ3n) is 3.51. The van der Waals surface area contributed by atoms with Crippen LogP contribution in [0, 0.1) is 0 Å². The van der Waals surface area contributed by atoms with E-state index in [0.29, 0.717) is 6.04 Å². The molecule has 0 fully saturated rings. The summed E-state index contributed by atoms with van der Waals surface area (Å²) in [5.74, 6) is 0. The molecule has 0 amide bonds. The number of nitrogens with zero attached hydrogens (tertiary/aromatic N) is 1. The van der Waals surface area contributed by atoms with Crippen LogP contribution in [0.2, 0.25) is 0 Å². The Balaban J connectivity index is 2.99. The number of hydrogen-bond donors (Lipinski definition) is 1. The van der Waals surface area contributed by atoms with Crippen molar-refractivity contribution in [1.82, 2.24) is 10.3 Å². The van der Waals surface area contributed by atoms with E-state index in [-0.39, 0.29) is 5.60 Å². The largest absolute Gasteiger partial charge is 0.371 e. The highest BCUT2D eigenvalue weighted by Gasteiger charge is 2.29. The van der Waals surface area contributed by atoms with E-state index in [0.717, 1.165) is 30.8 Å². The van der Waals surface area contributed by atoms with E-state index in [1.807, 2.05) is 0 Å². The first-order valence-electron chi connectivity index (χ1n) is 7.24. The van der Waals surface area contributed by atoms with Gasteiger partial charge in [-0.1, -0.05) is 34.1 Å². The zero-order valence-corrected chi connectivity index (χ0v) is 14.0. The summed E-state index contributed by atoms with van der Waals surface area (Å²) >= 11 is 1.80. The second-order valence-corrected chi connectivity index (χ2v) is 6.55. The second-order valence-electron chi connectivity index (χ2n) is 5.46. The maximum absolute atomic E-state index is 5.67. The number of methoxy groups -OCH3 is 1. The fraction of sp³-hybridized carbons (Fsp3) is 0.800. The summed E-state index contributed by atoms with van der Waals surface area (Å²) in [5.41, 5.74) is 0.996. The molecule has 1 rings (SSSR count). The zero-order chi connectivity index (χ0) is 14.5. The molecular formula is C15H28N2OS. The number of aryl methyl sites for hydroxylation is 1. The van der Waals surface area contributed by atoms with Crippen LogP contribution >= 0.6 is 11.3 Å². The Morgan fingerprint density at radius 1 is 1.37 bits per heavy atom. The second kappa shape index (κ2) is 7.36. The van der Waals surface area contributed by atoms with Crippen molar-refractivity contribution < 1.29 is 4.74 Å². The minimum absolute atomic E-state index is 0.247. The van der Waals surface area contributed by atoms with Crippen LogP contribution in [-0.4, -0.2) is 18.1 Å². The van der Waals surface area contributed by atoms with Crippen LogP contribution in [0.3, 0.4) is 0 Å². The Labute approximate surface area is 121 Å². The van der Waals surface area contributed by atoms with Gasteiger partial charge in [0.15, 0.2) is 0 Å². The monoisotopic (exact) mass is 284 g/mol. The zero-order valence-electron chi connectivity index (χ0n) is 13.2. The van der Waals surface area contributed by atoms with E-state index in [1.165, 1.54) is 10.6 Å². The van der Waals surface area contributed by atoms with Gasteiger partial charge in [-0.25, -0.2) is 4.98 Å². The van der Waals surface area contributed by atoms with Crippen molar-refractivity contribution in [2.45, 2.75) is 72.1 Å². The summed E-state index contributed by atoms with van der Waals surface area (Å²) < 4.78 is 5.67. The minimum atomic E-state index is -0.247. The Morgan fingerprint density at radius 2 is 2.05 bits per heavy atom. The molecule has 3 nitrogen and oxygen atoms in total. The normalized spacial score (nSPS) is 14.9. The fourth-order valence-corrected chi connectivity index (χ4v) is 3.11. The third-order valence-corrected chi connectivity index (χ3v) is 4.86. The molecule has 0 aliphatic rings. The molecule has 1 heterocycles. The lowest BCUT2D eigenvalue weighted by Gasteiger charge is -2.23. The van der Waals surface area contributed by atoms with Crippen LogP contribution in [0.25, 0.3) is 0 Å². The van der Waals surface area contributed by atoms with Crippen LogP contribution < -0.4 is 5.32 Å². The summed E-state index contributed by atoms with van der Waals surface area (Å²) in [6.45, 7) is 11.7. The highest BCUT2D eigenvalue weighted by Crippen LogP contribution is 2.33. The Bertz CT molecular complexity index is 383. The van der Waals surface area contributed by atoms with Gasteiger partial charge in [-0.15, -0.1) is 11.3 Å². The molecule has 1 N–H and O–H groups in total. The smallest absolute Gasteiger partial charge is 0.125 e. The molecule has 1 aromatic rings. The topological polar surface area (TPSA) is 34.1 Å². The average Bonchev–Trinajstić information content (AvgIpc) is 2.79. The van der Waals surface area contributed by atoms with Crippen molar-refractivity contribution in [1.29, 1.82) is 0 Å². The molecule has 0 aromatic carbocycles. The molecule has 1 aromatic heterocycles. The molecule has 0 spiro atoms. The van der Waals surface area contributed by atoms with Gasteiger partial charge in [0.1, 0.15) is 10.6 Å². The van der Waals surface area contributed by atoms with Crippen molar-refractivity contribution in [2.24, 2.45) is 0 Å². The van der Waals surface area contributed by atoms with E-state index in [1.54, 1.807) is 18.4 Å². The van der Waals surface area contributed by atoms with Gasteiger partial charge in [0, 0.05) is 24.6 Å². The molecule has 0 radical (unpaired) electrons. The number of rotatable bonds is 8. The van der Waals surface area contributed by atoms with Gasteiger partial charge < -0.3 is 10.1 Å². The van der Waals surface area contributed by atoms with Gasteiger partial charge in [-0.2, -0.15) is 0 Å². The average molecular weight is 284 g/mol. The highest BCUT2D eigenvalue weighted by atomic mass is 32.1. The molecule has 0 aliphatic heterocycles. The molecule has 4 heteroatoms. The van der Waals surface area contributed by atoms with E-state index in [2.05, 4.69) is 39.9 Å². The minimum Gasteiger partial charge on any atom is -0.371 e. The predicted molar refractivity (Wildman–Crippen MR) is 82.7 cm³/mol. The van der Waals surface area contributed by atoms with Crippen molar-refractivity contribution >= 4 is 11.3 Å². The molecule has 1 atom stereocenters. The summed E-state index contributed by atoms with van der Waals surface area (Å²) in [7, 11) is 1.77. The number of ether oxygens (including phenoxy) is 1. The molecule has 19 heavy (non-hydrogen) atoms. The summed E-state index contributed by atoms with van der Waals surface area (Å²) in [6, 6.07) is 0.500. The first-order valence-corrected chi connectivity index (χ1v) is 8.06. The number of aromatic nitrogens is 1. The lowest BCUT2D eigenvalue weighted by molar-refractivity contribution is -0.00166. The van der Waals surface area contributed by atoms with Crippen molar-refractivity contribution in [2.75, 3.05) is 7.11 Å². The maximum atomic E-state index is 5.67. The van der Waals surface area contributed by atoms with E-state index in [4.69, 9.17) is 9.72 Å². The van der Waals surface area contributed by atoms with Crippen LogP contribution in [0.1, 0.15) is 63.0 Å². The van der Waals surface area contributed by atoms with Gasteiger partial charge in [0.25, 0.3) is 0 Å². The first kappa shape index (κ1) is 16.6. The molecule has 0 saturated heterocycles. The van der Waals surface area contributed by atoms with Gasteiger partial charge in [0.05, 0.1) is 5.69 Å². The maximum Gasteiger partial charge on any atom is 0.125 e. The van der Waals surface area contributed by atoms with Gasteiger partial charge in [0.2, 0.25) is 0 Å².